The summed E-state index contributed by atoms with van der Waals surface area (Å²) in [7, 11) is 1.85. The average Bonchev–Trinajstić information content (AvgIpc) is 3.08. The number of nitrogens with zero attached hydrogens (tertiary/aromatic N) is 4. The summed E-state index contributed by atoms with van der Waals surface area (Å²) in [5, 5.41) is 9.47. The first-order valence-corrected chi connectivity index (χ1v) is 6.88. The van der Waals surface area contributed by atoms with Crippen LogP contribution in [0.15, 0.2) is 30.2 Å². The molecule has 7 heteroatoms. The van der Waals surface area contributed by atoms with Crippen molar-refractivity contribution in [2.75, 3.05) is 24.2 Å². The monoisotopic (exact) mass is 274 g/mol. The van der Waals surface area contributed by atoms with Gasteiger partial charge in [-0.15, -0.1) is 11.3 Å². The smallest absolute Gasteiger partial charge is 0.180 e. The van der Waals surface area contributed by atoms with Crippen LogP contribution in [-0.2, 0) is 6.42 Å². The van der Waals surface area contributed by atoms with Gasteiger partial charge in [-0.3, -0.25) is 0 Å². The van der Waals surface area contributed by atoms with Crippen LogP contribution in [0.1, 0.15) is 5.01 Å². The fraction of sp³-hybridized carbons (Fsp3) is 0.250. The third-order valence-corrected chi connectivity index (χ3v) is 3.58. The molecule has 0 fully saturated rings. The van der Waals surface area contributed by atoms with Gasteiger partial charge in [-0.2, -0.15) is 0 Å². The number of imidazole rings is 1. The second-order valence-corrected chi connectivity index (χ2v) is 4.96. The zero-order valence-corrected chi connectivity index (χ0v) is 11.3. The van der Waals surface area contributed by atoms with E-state index in [1.54, 1.807) is 17.5 Å². The molecule has 0 aliphatic heterocycles. The molecule has 0 saturated carbocycles. The number of hydrogen-bond donors (Lipinski definition) is 2. The summed E-state index contributed by atoms with van der Waals surface area (Å²) in [4.78, 5) is 13.1. The van der Waals surface area contributed by atoms with Crippen LogP contribution in [0.2, 0.25) is 0 Å². The number of fused-ring (bicyclic) bond motifs is 1. The van der Waals surface area contributed by atoms with Crippen molar-refractivity contribution in [3.05, 3.63) is 35.2 Å². The summed E-state index contributed by atoms with van der Waals surface area (Å²) in [5.74, 6) is 1.59. The van der Waals surface area contributed by atoms with Crippen LogP contribution in [0.3, 0.4) is 0 Å². The summed E-state index contributed by atoms with van der Waals surface area (Å²) in [6.07, 6.45) is 8.29. The van der Waals surface area contributed by atoms with E-state index >= 15 is 0 Å². The maximum absolute atomic E-state index is 4.49. The molecule has 3 heterocycles. The SMILES string of the molecule is CNc1cn2ccnc2c(NCCc2nccs2)n1. The maximum Gasteiger partial charge on any atom is 0.180 e. The molecule has 98 valence electrons. The first-order valence-electron chi connectivity index (χ1n) is 6.00. The predicted octanol–water partition coefficient (Wildman–Crippen LogP) is 1.88. The molecular weight excluding hydrogens is 260 g/mol. The lowest BCUT2D eigenvalue weighted by atomic mass is 10.4. The Labute approximate surface area is 114 Å². The van der Waals surface area contributed by atoms with Gasteiger partial charge < -0.3 is 15.0 Å². The summed E-state index contributed by atoms with van der Waals surface area (Å²) in [5.41, 5.74) is 0.832. The zero-order valence-electron chi connectivity index (χ0n) is 10.5. The molecule has 3 rings (SSSR count). The highest BCUT2D eigenvalue weighted by molar-refractivity contribution is 7.09. The Morgan fingerprint density at radius 3 is 3.05 bits per heavy atom. The standard InChI is InChI=1S/C12H14N6S/c1-13-9-8-18-6-4-16-12(18)11(17-9)15-3-2-10-14-5-7-19-10/h4-8,13H,2-3H2,1H3,(H,15,17). The highest BCUT2D eigenvalue weighted by Gasteiger charge is 2.06. The van der Waals surface area contributed by atoms with Gasteiger partial charge in [0, 0.05) is 44.0 Å². The highest BCUT2D eigenvalue weighted by Crippen LogP contribution is 2.16. The number of thiazole rings is 1. The van der Waals surface area contributed by atoms with Crippen LogP contribution in [0.5, 0.6) is 0 Å². The van der Waals surface area contributed by atoms with Gasteiger partial charge in [0.15, 0.2) is 11.5 Å². The summed E-state index contributed by atoms with van der Waals surface area (Å²) in [6.45, 7) is 0.788. The number of aromatic nitrogens is 4. The lowest BCUT2D eigenvalue weighted by molar-refractivity contribution is 0.982. The molecule has 3 aromatic heterocycles. The number of anilines is 2. The van der Waals surface area contributed by atoms with E-state index in [1.807, 2.05) is 35.4 Å². The van der Waals surface area contributed by atoms with Crippen LogP contribution in [0.4, 0.5) is 11.6 Å². The molecule has 0 aliphatic carbocycles. The molecule has 0 amide bonds. The van der Waals surface area contributed by atoms with Gasteiger partial charge in [0.05, 0.1) is 11.2 Å². The van der Waals surface area contributed by atoms with Crippen molar-refractivity contribution in [1.82, 2.24) is 19.4 Å². The minimum absolute atomic E-state index is 0.786. The lowest BCUT2D eigenvalue weighted by Gasteiger charge is -2.08. The van der Waals surface area contributed by atoms with E-state index in [1.165, 1.54) is 0 Å². The Kier molecular flexibility index (Phi) is 3.28. The van der Waals surface area contributed by atoms with Crippen molar-refractivity contribution < 1.29 is 0 Å². The summed E-state index contributed by atoms with van der Waals surface area (Å²) >= 11 is 1.67. The molecule has 0 saturated heterocycles. The fourth-order valence-electron chi connectivity index (χ4n) is 1.83. The molecule has 2 N–H and O–H groups in total. The van der Waals surface area contributed by atoms with Crippen LogP contribution in [0.25, 0.3) is 5.65 Å². The zero-order chi connectivity index (χ0) is 13.1. The van der Waals surface area contributed by atoms with E-state index in [0.717, 1.165) is 35.3 Å². The average molecular weight is 274 g/mol. The molecule has 0 bridgehead atoms. The van der Waals surface area contributed by atoms with E-state index < -0.39 is 0 Å². The predicted molar refractivity (Wildman–Crippen MR) is 76.8 cm³/mol. The van der Waals surface area contributed by atoms with Crippen molar-refractivity contribution in [2.45, 2.75) is 6.42 Å². The van der Waals surface area contributed by atoms with Gasteiger partial charge in [0.2, 0.25) is 0 Å². The van der Waals surface area contributed by atoms with E-state index in [-0.39, 0.29) is 0 Å². The summed E-state index contributed by atoms with van der Waals surface area (Å²) in [6, 6.07) is 0. The second kappa shape index (κ2) is 5.23. The fourth-order valence-corrected chi connectivity index (χ4v) is 2.46. The molecule has 6 nitrogen and oxygen atoms in total. The molecule has 0 radical (unpaired) electrons. The van der Waals surface area contributed by atoms with Crippen LogP contribution in [-0.4, -0.2) is 32.9 Å². The van der Waals surface area contributed by atoms with Gasteiger partial charge in [-0.1, -0.05) is 0 Å². The van der Waals surface area contributed by atoms with E-state index in [0.29, 0.717) is 0 Å². The Hall–Kier alpha value is -2.15. The van der Waals surface area contributed by atoms with Gasteiger partial charge in [0.25, 0.3) is 0 Å². The van der Waals surface area contributed by atoms with E-state index in [4.69, 9.17) is 0 Å². The molecular formula is C12H14N6S. The maximum atomic E-state index is 4.49. The number of nitrogens with one attached hydrogen (secondary N) is 2. The highest BCUT2D eigenvalue weighted by atomic mass is 32.1. The Morgan fingerprint density at radius 2 is 2.26 bits per heavy atom. The van der Waals surface area contributed by atoms with Crippen molar-refractivity contribution in [2.24, 2.45) is 0 Å². The Balaban J connectivity index is 1.77. The van der Waals surface area contributed by atoms with Crippen molar-refractivity contribution >= 4 is 28.6 Å². The second-order valence-electron chi connectivity index (χ2n) is 3.99. The Morgan fingerprint density at radius 1 is 1.32 bits per heavy atom. The van der Waals surface area contributed by atoms with Crippen LogP contribution >= 0.6 is 11.3 Å². The van der Waals surface area contributed by atoms with Crippen molar-refractivity contribution in [3.8, 4) is 0 Å². The van der Waals surface area contributed by atoms with Gasteiger partial charge in [-0.25, -0.2) is 15.0 Å². The number of rotatable bonds is 5. The van der Waals surface area contributed by atoms with Gasteiger partial charge in [-0.05, 0) is 0 Å². The molecule has 0 spiro atoms. The van der Waals surface area contributed by atoms with Crippen molar-refractivity contribution in [3.63, 3.8) is 0 Å². The lowest BCUT2D eigenvalue weighted by Crippen LogP contribution is -2.09. The first-order chi connectivity index (χ1) is 9.36. The third-order valence-electron chi connectivity index (χ3n) is 2.75. The van der Waals surface area contributed by atoms with Crippen molar-refractivity contribution in [1.29, 1.82) is 0 Å². The minimum Gasteiger partial charge on any atom is -0.372 e. The largest absolute Gasteiger partial charge is 0.372 e. The molecule has 3 aromatic rings. The quantitative estimate of drug-likeness (QED) is 0.743. The number of hydrogen-bond acceptors (Lipinski definition) is 6. The first kappa shape index (κ1) is 11.9. The molecule has 0 unspecified atom stereocenters. The molecule has 0 atom stereocenters. The topological polar surface area (TPSA) is 67.1 Å². The normalized spacial score (nSPS) is 10.8. The molecule has 19 heavy (non-hydrogen) atoms. The van der Waals surface area contributed by atoms with Crippen LogP contribution < -0.4 is 10.6 Å². The summed E-state index contributed by atoms with van der Waals surface area (Å²) < 4.78 is 1.95. The third kappa shape index (κ3) is 2.50. The van der Waals surface area contributed by atoms with Crippen LogP contribution in [0, 0.1) is 0 Å². The minimum atomic E-state index is 0.786. The van der Waals surface area contributed by atoms with Gasteiger partial charge >= 0.3 is 0 Å². The Bertz CT molecular complexity index is 660. The molecule has 0 aromatic carbocycles. The van der Waals surface area contributed by atoms with Gasteiger partial charge in [0.1, 0.15) is 5.82 Å². The molecule has 0 aliphatic rings. The van der Waals surface area contributed by atoms with E-state index in [9.17, 15) is 0 Å². The van der Waals surface area contributed by atoms with E-state index in [2.05, 4.69) is 25.6 Å².